The lowest BCUT2D eigenvalue weighted by Gasteiger charge is -2.17. The summed E-state index contributed by atoms with van der Waals surface area (Å²) in [6, 6.07) is 13.0. The fraction of sp³-hybridized carbons (Fsp3) is 0.375. The summed E-state index contributed by atoms with van der Waals surface area (Å²) < 4.78 is 6.58. The van der Waals surface area contributed by atoms with Crippen LogP contribution in [0.15, 0.2) is 51.6 Å². The Bertz CT molecular complexity index is 464. The summed E-state index contributed by atoms with van der Waals surface area (Å²) in [6.07, 6.45) is 4.85. The quantitative estimate of drug-likeness (QED) is 0.827. The van der Waals surface area contributed by atoms with Crippen molar-refractivity contribution in [2.75, 3.05) is 6.54 Å². The third-order valence-electron chi connectivity index (χ3n) is 3.11. The number of nitrogens with one attached hydrogen (secondary N) is 1. The van der Waals surface area contributed by atoms with Crippen LogP contribution in [0.3, 0.4) is 0 Å². The topological polar surface area (TPSA) is 25.2 Å². The molecule has 0 bridgehead atoms. The third-order valence-corrected chi connectivity index (χ3v) is 3.63. The lowest BCUT2D eigenvalue weighted by Crippen LogP contribution is -2.33. The van der Waals surface area contributed by atoms with Gasteiger partial charge in [-0.3, -0.25) is 0 Å². The van der Waals surface area contributed by atoms with E-state index in [1.54, 1.807) is 6.26 Å². The zero-order valence-electron chi connectivity index (χ0n) is 11.2. The average molecular weight is 322 g/mol. The molecule has 0 fully saturated rings. The van der Waals surface area contributed by atoms with Crippen LogP contribution in [0.5, 0.6) is 0 Å². The Balaban J connectivity index is 1.98. The van der Waals surface area contributed by atoms with Crippen LogP contribution in [0, 0.1) is 0 Å². The summed E-state index contributed by atoms with van der Waals surface area (Å²) in [6.45, 7) is 3.23. The fourth-order valence-corrected chi connectivity index (χ4v) is 2.41. The highest BCUT2D eigenvalue weighted by atomic mass is 79.9. The number of hydrogen-bond acceptors (Lipinski definition) is 2. The normalized spacial score (nSPS) is 12.5. The first-order valence-electron chi connectivity index (χ1n) is 6.78. The van der Waals surface area contributed by atoms with Crippen LogP contribution in [0.4, 0.5) is 0 Å². The molecule has 1 aromatic carbocycles. The summed E-state index contributed by atoms with van der Waals surface area (Å²) in [5.74, 6) is 1.05. The van der Waals surface area contributed by atoms with Gasteiger partial charge in [-0.15, -0.1) is 0 Å². The second-order valence-corrected chi connectivity index (χ2v) is 5.68. The second kappa shape index (κ2) is 7.51. The van der Waals surface area contributed by atoms with Crippen LogP contribution in [-0.4, -0.2) is 12.6 Å². The van der Waals surface area contributed by atoms with Gasteiger partial charge in [0.25, 0.3) is 0 Å². The maximum Gasteiger partial charge on any atom is 0.105 e. The number of rotatable bonds is 7. The van der Waals surface area contributed by atoms with Crippen molar-refractivity contribution in [3.63, 3.8) is 0 Å². The van der Waals surface area contributed by atoms with Gasteiger partial charge in [0.1, 0.15) is 5.76 Å². The molecule has 0 amide bonds. The Labute approximate surface area is 123 Å². The largest absolute Gasteiger partial charge is 0.469 e. The van der Waals surface area contributed by atoms with E-state index in [4.69, 9.17) is 4.42 Å². The summed E-state index contributed by atoms with van der Waals surface area (Å²) in [4.78, 5) is 0. The van der Waals surface area contributed by atoms with Gasteiger partial charge in [0, 0.05) is 16.9 Å². The van der Waals surface area contributed by atoms with Crippen LogP contribution in [0.1, 0.15) is 24.7 Å². The van der Waals surface area contributed by atoms with Gasteiger partial charge in [-0.2, -0.15) is 0 Å². The van der Waals surface area contributed by atoms with Gasteiger partial charge in [-0.25, -0.2) is 0 Å². The summed E-state index contributed by atoms with van der Waals surface area (Å²) in [7, 11) is 0. The van der Waals surface area contributed by atoms with Crippen molar-refractivity contribution in [2.45, 2.75) is 32.2 Å². The molecule has 19 heavy (non-hydrogen) atoms. The Hall–Kier alpha value is -1.06. The molecule has 0 aliphatic heterocycles. The smallest absolute Gasteiger partial charge is 0.105 e. The van der Waals surface area contributed by atoms with Crippen molar-refractivity contribution < 1.29 is 4.42 Å². The molecule has 2 nitrogen and oxygen atoms in total. The first-order chi connectivity index (χ1) is 9.28. The Morgan fingerprint density at radius 3 is 2.58 bits per heavy atom. The van der Waals surface area contributed by atoms with Crippen molar-refractivity contribution in [1.82, 2.24) is 5.32 Å². The Kier molecular flexibility index (Phi) is 5.67. The molecule has 1 unspecified atom stereocenters. The van der Waals surface area contributed by atoms with E-state index < -0.39 is 0 Å². The van der Waals surface area contributed by atoms with E-state index in [0.717, 1.165) is 36.0 Å². The van der Waals surface area contributed by atoms with Gasteiger partial charge >= 0.3 is 0 Å². The van der Waals surface area contributed by atoms with Crippen molar-refractivity contribution in [1.29, 1.82) is 0 Å². The molecule has 0 saturated heterocycles. The molecule has 1 aromatic heterocycles. The summed E-state index contributed by atoms with van der Waals surface area (Å²) in [5, 5.41) is 3.60. The van der Waals surface area contributed by atoms with Gasteiger partial charge < -0.3 is 9.73 Å². The lowest BCUT2D eigenvalue weighted by atomic mass is 10.0. The second-order valence-electron chi connectivity index (χ2n) is 4.77. The minimum Gasteiger partial charge on any atom is -0.469 e. The maximum absolute atomic E-state index is 5.45. The first kappa shape index (κ1) is 14.4. The fourth-order valence-electron chi connectivity index (χ4n) is 2.14. The number of benzene rings is 1. The minimum absolute atomic E-state index is 0.423. The van der Waals surface area contributed by atoms with Crippen LogP contribution >= 0.6 is 15.9 Å². The van der Waals surface area contributed by atoms with Gasteiger partial charge in [0.15, 0.2) is 0 Å². The van der Waals surface area contributed by atoms with E-state index in [1.165, 1.54) is 5.56 Å². The molecular formula is C16H20BrNO. The number of hydrogen-bond donors (Lipinski definition) is 1. The van der Waals surface area contributed by atoms with Crippen molar-refractivity contribution in [3.05, 3.63) is 58.5 Å². The zero-order valence-corrected chi connectivity index (χ0v) is 12.8. The van der Waals surface area contributed by atoms with Crippen molar-refractivity contribution in [3.8, 4) is 0 Å². The highest BCUT2D eigenvalue weighted by Gasteiger charge is 2.11. The van der Waals surface area contributed by atoms with Gasteiger partial charge in [-0.1, -0.05) is 35.0 Å². The van der Waals surface area contributed by atoms with Crippen molar-refractivity contribution in [2.24, 2.45) is 0 Å². The molecule has 1 heterocycles. The van der Waals surface area contributed by atoms with E-state index in [2.05, 4.69) is 52.4 Å². The van der Waals surface area contributed by atoms with Crippen LogP contribution in [0.2, 0.25) is 0 Å². The number of furan rings is 1. The molecule has 0 aliphatic rings. The van der Waals surface area contributed by atoms with Crippen LogP contribution in [-0.2, 0) is 12.8 Å². The van der Waals surface area contributed by atoms with Gasteiger partial charge in [0.05, 0.1) is 6.26 Å². The van der Waals surface area contributed by atoms with Crippen LogP contribution in [0.25, 0.3) is 0 Å². The first-order valence-corrected chi connectivity index (χ1v) is 7.57. The highest BCUT2D eigenvalue weighted by Crippen LogP contribution is 2.14. The lowest BCUT2D eigenvalue weighted by molar-refractivity contribution is 0.438. The molecule has 3 heteroatoms. The predicted octanol–water partition coefficient (Wildman–Crippen LogP) is 4.20. The van der Waals surface area contributed by atoms with E-state index in [0.29, 0.717) is 6.04 Å². The number of halogens is 1. The van der Waals surface area contributed by atoms with E-state index in [1.807, 2.05) is 12.1 Å². The Morgan fingerprint density at radius 2 is 1.95 bits per heavy atom. The summed E-state index contributed by atoms with van der Waals surface area (Å²) in [5.41, 5.74) is 1.35. The predicted molar refractivity (Wildman–Crippen MR) is 82.3 cm³/mol. The molecule has 2 rings (SSSR count). The standard InChI is InChI=1S/C16H20BrNO/c1-2-9-18-15(12-16-4-3-10-19-16)11-13-5-7-14(17)8-6-13/h3-8,10,15,18H,2,9,11-12H2,1H3. The average Bonchev–Trinajstić information content (AvgIpc) is 2.91. The molecule has 2 aromatic rings. The van der Waals surface area contributed by atoms with Gasteiger partial charge in [0.2, 0.25) is 0 Å². The molecule has 0 aliphatic carbocycles. The van der Waals surface area contributed by atoms with Crippen LogP contribution < -0.4 is 5.32 Å². The molecule has 1 atom stereocenters. The monoisotopic (exact) mass is 321 g/mol. The molecule has 0 saturated carbocycles. The third kappa shape index (κ3) is 4.84. The Morgan fingerprint density at radius 1 is 1.16 bits per heavy atom. The van der Waals surface area contributed by atoms with E-state index >= 15 is 0 Å². The molecular weight excluding hydrogens is 302 g/mol. The minimum atomic E-state index is 0.423. The molecule has 0 spiro atoms. The maximum atomic E-state index is 5.45. The van der Waals surface area contributed by atoms with Crippen molar-refractivity contribution >= 4 is 15.9 Å². The molecule has 0 radical (unpaired) electrons. The van der Waals surface area contributed by atoms with E-state index in [-0.39, 0.29) is 0 Å². The molecule has 102 valence electrons. The molecule has 1 N–H and O–H groups in total. The summed E-state index contributed by atoms with van der Waals surface area (Å²) >= 11 is 3.47. The highest BCUT2D eigenvalue weighted by molar-refractivity contribution is 9.10. The van der Waals surface area contributed by atoms with Gasteiger partial charge in [-0.05, 0) is 49.2 Å². The van der Waals surface area contributed by atoms with E-state index in [9.17, 15) is 0 Å². The zero-order chi connectivity index (χ0) is 13.5. The SMILES string of the molecule is CCCNC(Cc1ccc(Br)cc1)Cc1ccco1.